The van der Waals surface area contributed by atoms with E-state index in [1.54, 1.807) is 41.4 Å². The fourth-order valence-corrected chi connectivity index (χ4v) is 3.81. The third-order valence-corrected chi connectivity index (χ3v) is 5.70. The third-order valence-electron chi connectivity index (χ3n) is 4.77. The van der Waals surface area contributed by atoms with Gasteiger partial charge in [-0.25, -0.2) is 22.3 Å². The van der Waals surface area contributed by atoms with E-state index in [1.807, 2.05) is 0 Å². The van der Waals surface area contributed by atoms with E-state index in [2.05, 4.69) is 5.10 Å². The van der Waals surface area contributed by atoms with Crippen LogP contribution < -0.4 is 10.1 Å². The second-order valence-corrected chi connectivity index (χ2v) is 8.27. The molecule has 4 rings (SSSR count). The summed E-state index contributed by atoms with van der Waals surface area (Å²) in [7, 11) is -3.80. The lowest BCUT2D eigenvalue weighted by Crippen LogP contribution is -2.19. The number of rotatable bonds is 4. The molecule has 3 aromatic rings. The van der Waals surface area contributed by atoms with Crippen molar-refractivity contribution in [2.45, 2.75) is 17.4 Å². The molecule has 0 aromatic heterocycles. The molecule has 0 amide bonds. The normalized spacial score (nSPS) is 16.7. The molecule has 1 aliphatic heterocycles. The number of anilines is 1. The molecule has 8 heteroatoms. The van der Waals surface area contributed by atoms with E-state index in [-0.39, 0.29) is 22.6 Å². The number of hydrogen-bond acceptors (Lipinski definition) is 4. The average molecular weight is 413 g/mol. The molecule has 2 N–H and O–H groups in total. The smallest absolute Gasteiger partial charge is 0.238 e. The molecule has 3 aromatic carbocycles. The van der Waals surface area contributed by atoms with Gasteiger partial charge in [-0.15, -0.1) is 0 Å². The summed E-state index contributed by atoms with van der Waals surface area (Å²) in [6.07, 6.45) is 0.522. The molecule has 1 heterocycles. The standard InChI is InChI=1S/C21H17F2N3O2S/c22-16-5-1-14(2-6-16)20-13-21(15-3-7-17(23)8-4-15)26(25-20)18-9-11-19(12-10-18)29(24,27)28/h1-12,21H,13H2,(H2,24,27,28). The highest BCUT2D eigenvalue weighted by molar-refractivity contribution is 7.89. The Bertz CT molecular complexity index is 1160. The van der Waals surface area contributed by atoms with Gasteiger partial charge in [0.05, 0.1) is 22.3 Å². The van der Waals surface area contributed by atoms with Crippen LogP contribution in [-0.2, 0) is 10.0 Å². The number of benzene rings is 3. The Hall–Kier alpha value is -3.10. The molecule has 0 saturated carbocycles. The fraction of sp³-hybridized carbons (Fsp3) is 0.0952. The Morgan fingerprint density at radius 2 is 1.41 bits per heavy atom. The first-order chi connectivity index (χ1) is 13.8. The van der Waals surface area contributed by atoms with Crippen LogP contribution in [0.3, 0.4) is 0 Å². The molecule has 0 radical (unpaired) electrons. The Kier molecular flexibility index (Phi) is 4.89. The van der Waals surface area contributed by atoms with E-state index in [1.165, 1.54) is 36.4 Å². The number of sulfonamides is 1. The zero-order valence-corrected chi connectivity index (χ0v) is 16.0. The zero-order chi connectivity index (χ0) is 20.6. The number of nitrogens with two attached hydrogens (primary N) is 1. The summed E-state index contributed by atoms with van der Waals surface area (Å²) in [6, 6.07) is 18.0. The van der Waals surface area contributed by atoms with Gasteiger partial charge in [-0.1, -0.05) is 24.3 Å². The average Bonchev–Trinajstić information content (AvgIpc) is 3.14. The summed E-state index contributed by atoms with van der Waals surface area (Å²) in [4.78, 5) is 0.00140. The van der Waals surface area contributed by atoms with Gasteiger partial charge in [0.2, 0.25) is 10.0 Å². The van der Waals surface area contributed by atoms with E-state index in [4.69, 9.17) is 5.14 Å². The quantitative estimate of drug-likeness (QED) is 0.703. The second-order valence-electron chi connectivity index (χ2n) is 6.71. The van der Waals surface area contributed by atoms with Crippen molar-refractivity contribution < 1.29 is 17.2 Å². The number of hydrazone groups is 1. The van der Waals surface area contributed by atoms with Crippen LogP contribution in [0, 0.1) is 11.6 Å². The molecule has 0 bridgehead atoms. The van der Waals surface area contributed by atoms with E-state index in [0.29, 0.717) is 12.1 Å². The topological polar surface area (TPSA) is 75.8 Å². The monoisotopic (exact) mass is 413 g/mol. The van der Waals surface area contributed by atoms with Crippen molar-refractivity contribution in [1.29, 1.82) is 0 Å². The van der Waals surface area contributed by atoms with Crippen molar-refractivity contribution in [2.24, 2.45) is 10.2 Å². The summed E-state index contributed by atoms with van der Waals surface area (Å²) < 4.78 is 49.7. The van der Waals surface area contributed by atoms with Crippen LogP contribution in [0.1, 0.15) is 23.6 Å². The van der Waals surface area contributed by atoms with Gasteiger partial charge in [0.1, 0.15) is 11.6 Å². The summed E-state index contributed by atoms with van der Waals surface area (Å²) in [6.45, 7) is 0. The van der Waals surface area contributed by atoms with E-state index in [9.17, 15) is 17.2 Å². The Morgan fingerprint density at radius 1 is 0.862 bits per heavy atom. The molecule has 5 nitrogen and oxygen atoms in total. The molecule has 1 atom stereocenters. The predicted octanol–water partition coefficient (Wildman–Crippen LogP) is 3.97. The van der Waals surface area contributed by atoms with E-state index in [0.717, 1.165) is 16.8 Å². The van der Waals surface area contributed by atoms with Crippen LogP contribution in [0.25, 0.3) is 0 Å². The lowest BCUT2D eigenvalue weighted by atomic mass is 9.98. The highest BCUT2D eigenvalue weighted by atomic mass is 32.2. The maximum atomic E-state index is 13.4. The van der Waals surface area contributed by atoms with Crippen molar-refractivity contribution in [3.05, 3.63) is 95.6 Å². The molecule has 0 spiro atoms. The summed E-state index contributed by atoms with van der Waals surface area (Å²) >= 11 is 0. The molecule has 1 aliphatic rings. The molecule has 148 valence electrons. The molecular formula is C21H17F2N3O2S. The highest BCUT2D eigenvalue weighted by Gasteiger charge is 2.30. The van der Waals surface area contributed by atoms with Gasteiger partial charge >= 0.3 is 0 Å². The Morgan fingerprint density at radius 3 is 1.97 bits per heavy atom. The second kappa shape index (κ2) is 7.38. The van der Waals surface area contributed by atoms with Crippen LogP contribution in [-0.4, -0.2) is 14.1 Å². The van der Waals surface area contributed by atoms with Crippen molar-refractivity contribution in [3.63, 3.8) is 0 Å². The molecule has 0 saturated heterocycles. The van der Waals surface area contributed by atoms with Crippen LogP contribution in [0.5, 0.6) is 0 Å². The van der Waals surface area contributed by atoms with Gasteiger partial charge in [0.15, 0.2) is 0 Å². The van der Waals surface area contributed by atoms with Crippen LogP contribution in [0.4, 0.5) is 14.5 Å². The number of halogens is 2. The van der Waals surface area contributed by atoms with Gasteiger partial charge in [0.25, 0.3) is 0 Å². The maximum absolute atomic E-state index is 13.4. The van der Waals surface area contributed by atoms with Crippen molar-refractivity contribution in [2.75, 3.05) is 5.01 Å². The zero-order valence-electron chi connectivity index (χ0n) is 15.2. The SMILES string of the molecule is NS(=O)(=O)c1ccc(N2N=C(c3ccc(F)cc3)CC2c2ccc(F)cc2)cc1. The molecule has 0 fully saturated rings. The van der Waals surface area contributed by atoms with Gasteiger partial charge in [-0.2, -0.15) is 5.10 Å². The Balaban J connectivity index is 1.74. The molecule has 1 unspecified atom stereocenters. The minimum Gasteiger partial charge on any atom is -0.257 e. The Labute approximate surface area is 167 Å². The number of hydrogen-bond donors (Lipinski definition) is 1. The van der Waals surface area contributed by atoms with Gasteiger partial charge in [-0.3, -0.25) is 5.01 Å². The minimum atomic E-state index is -3.80. The predicted molar refractivity (Wildman–Crippen MR) is 107 cm³/mol. The van der Waals surface area contributed by atoms with E-state index >= 15 is 0 Å². The molecular weight excluding hydrogens is 396 g/mol. The van der Waals surface area contributed by atoms with Crippen LogP contribution in [0.15, 0.2) is 82.8 Å². The van der Waals surface area contributed by atoms with Gasteiger partial charge < -0.3 is 0 Å². The van der Waals surface area contributed by atoms with E-state index < -0.39 is 10.0 Å². The number of nitrogens with zero attached hydrogens (tertiary/aromatic N) is 2. The number of primary sulfonamides is 1. The first-order valence-electron chi connectivity index (χ1n) is 8.82. The van der Waals surface area contributed by atoms with Crippen LogP contribution >= 0.6 is 0 Å². The van der Waals surface area contributed by atoms with Crippen molar-refractivity contribution in [3.8, 4) is 0 Å². The summed E-state index contributed by atoms with van der Waals surface area (Å²) in [5.74, 6) is -0.673. The van der Waals surface area contributed by atoms with Crippen LogP contribution in [0.2, 0.25) is 0 Å². The first kappa shape index (κ1) is 19.2. The lowest BCUT2D eigenvalue weighted by molar-refractivity contribution is 0.597. The van der Waals surface area contributed by atoms with Gasteiger partial charge in [0, 0.05) is 6.42 Å². The van der Waals surface area contributed by atoms with Crippen molar-refractivity contribution >= 4 is 21.4 Å². The molecule has 0 aliphatic carbocycles. The minimum absolute atomic E-state index is 0.00140. The van der Waals surface area contributed by atoms with Gasteiger partial charge in [-0.05, 0) is 59.7 Å². The summed E-state index contributed by atoms with van der Waals surface area (Å²) in [5, 5.41) is 11.6. The largest absolute Gasteiger partial charge is 0.257 e. The van der Waals surface area contributed by atoms with Crippen molar-refractivity contribution in [1.82, 2.24) is 0 Å². The maximum Gasteiger partial charge on any atom is 0.238 e. The third kappa shape index (κ3) is 4.03. The lowest BCUT2D eigenvalue weighted by Gasteiger charge is -2.24. The summed E-state index contributed by atoms with van der Waals surface area (Å²) in [5.41, 5.74) is 3.03. The first-order valence-corrected chi connectivity index (χ1v) is 10.4. The molecule has 29 heavy (non-hydrogen) atoms. The fourth-order valence-electron chi connectivity index (χ4n) is 3.30. The highest BCUT2D eigenvalue weighted by Crippen LogP contribution is 2.37.